The lowest BCUT2D eigenvalue weighted by molar-refractivity contribution is -0.117. The molecule has 2 N–H and O–H groups in total. The number of H-pyrrole nitrogens is 1. The normalized spacial score (nSPS) is 21.4. The third-order valence-corrected chi connectivity index (χ3v) is 2.82. The number of aliphatic hydroxyl groups is 1. The first kappa shape index (κ1) is 10.2. The third-order valence-electron chi connectivity index (χ3n) is 2.82. The monoisotopic (exact) mass is 209 g/mol. The first-order chi connectivity index (χ1) is 7.13. The molecule has 82 valence electrons. The molecule has 2 heterocycles. The minimum absolute atomic E-state index is 0.0613. The summed E-state index contributed by atoms with van der Waals surface area (Å²) in [5.41, 5.74) is 2.61. The highest BCUT2D eigenvalue weighted by Gasteiger charge is 2.32. The highest BCUT2D eigenvalue weighted by molar-refractivity contribution is 5.96. The van der Waals surface area contributed by atoms with Gasteiger partial charge in [0.05, 0.1) is 17.1 Å². The number of hydrogen-bond acceptors (Lipinski definition) is 3. The van der Waals surface area contributed by atoms with E-state index in [1.807, 2.05) is 13.8 Å². The number of aromatic amines is 1. The second-order valence-electron chi connectivity index (χ2n) is 4.04. The predicted octanol–water partition coefficient (Wildman–Crippen LogP) is 0.372. The van der Waals surface area contributed by atoms with Gasteiger partial charge < -0.3 is 10.0 Å². The Kier molecular flexibility index (Phi) is 2.48. The molecule has 1 aliphatic rings. The standard InChI is InChI=1S/C10H15N3O2/c1-6-10(7(2)12-11-6)13-4-8(5-14)3-9(13)15/h8,14H,3-5H2,1-2H3,(H,11,12). The van der Waals surface area contributed by atoms with E-state index < -0.39 is 0 Å². The van der Waals surface area contributed by atoms with E-state index in [0.29, 0.717) is 13.0 Å². The minimum Gasteiger partial charge on any atom is -0.396 e. The summed E-state index contributed by atoms with van der Waals surface area (Å²) in [6.07, 6.45) is 0.431. The number of carbonyl (C=O) groups is 1. The fourth-order valence-corrected chi connectivity index (χ4v) is 2.06. The van der Waals surface area contributed by atoms with Crippen LogP contribution in [0, 0.1) is 19.8 Å². The molecule has 1 aromatic heterocycles. The van der Waals surface area contributed by atoms with E-state index in [1.165, 1.54) is 0 Å². The van der Waals surface area contributed by atoms with Gasteiger partial charge in [0.15, 0.2) is 0 Å². The Morgan fingerprint density at radius 2 is 2.33 bits per heavy atom. The van der Waals surface area contributed by atoms with Crippen molar-refractivity contribution < 1.29 is 9.90 Å². The summed E-state index contributed by atoms with van der Waals surface area (Å²) in [4.78, 5) is 13.4. The van der Waals surface area contributed by atoms with Gasteiger partial charge in [-0.2, -0.15) is 5.10 Å². The number of anilines is 1. The van der Waals surface area contributed by atoms with Crippen LogP contribution in [0.5, 0.6) is 0 Å². The Bertz CT molecular complexity index is 367. The van der Waals surface area contributed by atoms with Crippen molar-refractivity contribution in [1.29, 1.82) is 0 Å². The lowest BCUT2D eigenvalue weighted by Crippen LogP contribution is -2.25. The van der Waals surface area contributed by atoms with Crippen LogP contribution in [0.1, 0.15) is 17.8 Å². The number of aliphatic hydroxyl groups excluding tert-OH is 1. The topological polar surface area (TPSA) is 69.2 Å². The number of carbonyl (C=O) groups excluding carboxylic acids is 1. The molecule has 0 saturated carbocycles. The van der Waals surface area contributed by atoms with E-state index in [0.717, 1.165) is 17.1 Å². The lowest BCUT2D eigenvalue weighted by atomic mass is 10.1. The Labute approximate surface area is 88.1 Å². The van der Waals surface area contributed by atoms with Crippen molar-refractivity contribution in [1.82, 2.24) is 10.2 Å². The van der Waals surface area contributed by atoms with Gasteiger partial charge in [-0.05, 0) is 13.8 Å². The summed E-state index contributed by atoms with van der Waals surface area (Å²) in [5.74, 6) is 0.132. The number of amides is 1. The molecule has 1 aromatic rings. The Hall–Kier alpha value is -1.36. The maximum Gasteiger partial charge on any atom is 0.227 e. The Morgan fingerprint density at radius 1 is 1.60 bits per heavy atom. The SMILES string of the molecule is Cc1n[nH]c(C)c1N1CC(CO)CC1=O. The quantitative estimate of drug-likeness (QED) is 0.739. The number of rotatable bonds is 2. The molecule has 0 spiro atoms. The van der Waals surface area contributed by atoms with Crippen molar-refractivity contribution in [2.75, 3.05) is 18.1 Å². The van der Waals surface area contributed by atoms with Gasteiger partial charge in [-0.15, -0.1) is 0 Å². The van der Waals surface area contributed by atoms with Crippen molar-refractivity contribution in [2.24, 2.45) is 5.92 Å². The molecule has 2 rings (SSSR count). The second kappa shape index (κ2) is 3.66. The van der Waals surface area contributed by atoms with E-state index in [2.05, 4.69) is 10.2 Å². The van der Waals surface area contributed by atoms with Crippen LogP contribution in [-0.2, 0) is 4.79 Å². The molecule has 0 bridgehead atoms. The molecule has 1 fully saturated rings. The van der Waals surface area contributed by atoms with Gasteiger partial charge in [0.25, 0.3) is 0 Å². The smallest absolute Gasteiger partial charge is 0.227 e. The van der Waals surface area contributed by atoms with Gasteiger partial charge in [0.1, 0.15) is 0 Å². The first-order valence-corrected chi connectivity index (χ1v) is 5.06. The summed E-state index contributed by atoms with van der Waals surface area (Å²) in [6, 6.07) is 0. The molecule has 0 aromatic carbocycles. The van der Waals surface area contributed by atoms with Crippen molar-refractivity contribution in [2.45, 2.75) is 20.3 Å². The maximum atomic E-state index is 11.7. The van der Waals surface area contributed by atoms with Crippen LogP contribution in [0.3, 0.4) is 0 Å². The zero-order valence-corrected chi connectivity index (χ0v) is 8.95. The highest BCUT2D eigenvalue weighted by Crippen LogP contribution is 2.28. The average molecular weight is 209 g/mol. The molecule has 5 nitrogen and oxygen atoms in total. The highest BCUT2D eigenvalue weighted by atomic mass is 16.3. The summed E-state index contributed by atoms with van der Waals surface area (Å²) in [7, 11) is 0. The number of nitrogens with one attached hydrogen (secondary N) is 1. The van der Waals surface area contributed by atoms with Crippen molar-refractivity contribution >= 4 is 11.6 Å². The van der Waals surface area contributed by atoms with Gasteiger partial charge in [0, 0.05) is 25.5 Å². The Balaban J connectivity index is 2.29. The van der Waals surface area contributed by atoms with Gasteiger partial charge in [-0.25, -0.2) is 0 Å². The van der Waals surface area contributed by atoms with Crippen LogP contribution in [0.25, 0.3) is 0 Å². The van der Waals surface area contributed by atoms with Crippen LogP contribution < -0.4 is 4.90 Å². The lowest BCUT2D eigenvalue weighted by Gasteiger charge is -2.16. The molecule has 1 aliphatic heterocycles. The summed E-state index contributed by atoms with van der Waals surface area (Å²) in [6.45, 7) is 4.43. The summed E-state index contributed by atoms with van der Waals surface area (Å²) >= 11 is 0. The Morgan fingerprint density at radius 3 is 2.80 bits per heavy atom. The average Bonchev–Trinajstić information content (AvgIpc) is 2.71. The van der Waals surface area contributed by atoms with Gasteiger partial charge in [-0.3, -0.25) is 9.89 Å². The van der Waals surface area contributed by atoms with Gasteiger partial charge in [0.2, 0.25) is 5.91 Å². The molecule has 5 heteroatoms. The molecule has 1 atom stereocenters. The van der Waals surface area contributed by atoms with E-state index in [-0.39, 0.29) is 18.4 Å². The van der Waals surface area contributed by atoms with Crippen LogP contribution in [-0.4, -0.2) is 34.4 Å². The zero-order valence-electron chi connectivity index (χ0n) is 8.95. The summed E-state index contributed by atoms with van der Waals surface area (Å²) in [5, 5.41) is 16.0. The van der Waals surface area contributed by atoms with Crippen molar-refractivity contribution in [3.05, 3.63) is 11.4 Å². The van der Waals surface area contributed by atoms with Crippen LogP contribution >= 0.6 is 0 Å². The first-order valence-electron chi connectivity index (χ1n) is 5.06. The van der Waals surface area contributed by atoms with E-state index in [4.69, 9.17) is 5.11 Å². The number of aromatic nitrogens is 2. The molecular formula is C10H15N3O2. The number of hydrogen-bond donors (Lipinski definition) is 2. The van der Waals surface area contributed by atoms with E-state index in [1.54, 1.807) is 4.90 Å². The second-order valence-corrected chi connectivity index (χ2v) is 4.04. The predicted molar refractivity (Wildman–Crippen MR) is 55.6 cm³/mol. The van der Waals surface area contributed by atoms with Crippen LogP contribution in [0.15, 0.2) is 0 Å². The van der Waals surface area contributed by atoms with Crippen molar-refractivity contribution in [3.63, 3.8) is 0 Å². The molecule has 1 amide bonds. The fourth-order valence-electron chi connectivity index (χ4n) is 2.06. The minimum atomic E-state index is 0.0613. The van der Waals surface area contributed by atoms with Crippen LogP contribution in [0.4, 0.5) is 5.69 Å². The van der Waals surface area contributed by atoms with E-state index in [9.17, 15) is 4.79 Å². The van der Waals surface area contributed by atoms with Crippen molar-refractivity contribution in [3.8, 4) is 0 Å². The molecular weight excluding hydrogens is 194 g/mol. The maximum absolute atomic E-state index is 11.7. The molecule has 0 radical (unpaired) electrons. The molecule has 0 aliphatic carbocycles. The summed E-state index contributed by atoms with van der Waals surface area (Å²) < 4.78 is 0. The molecule has 1 saturated heterocycles. The molecule has 1 unspecified atom stereocenters. The number of nitrogens with zero attached hydrogens (tertiary/aromatic N) is 2. The van der Waals surface area contributed by atoms with Gasteiger partial charge >= 0.3 is 0 Å². The van der Waals surface area contributed by atoms with E-state index >= 15 is 0 Å². The zero-order chi connectivity index (χ0) is 11.0. The molecule has 15 heavy (non-hydrogen) atoms. The third kappa shape index (κ3) is 1.63. The van der Waals surface area contributed by atoms with Crippen LogP contribution in [0.2, 0.25) is 0 Å². The van der Waals surface area contributed by atoms with Gasteiger partial charge in [-0.1, -0.05) is 0 Å². The largest absolute Gasteiger partial charge is 0.396 e. The number of aryl methyl sites for hydroxylation is 2. The fraction of sp³-hybridized carbons (Fsp3) is 0.600.